The number of hydrogen-bond donors (Lipinski definition) is 2. The Morgan fingerprint density at radius 3 is 2.46 bits per heavy atom. The number of carbonyl (C=O) groups excluding carboxylic acids is 2. The van der Waals surface area contributed by atoms with Gasteiger partial charge in [-0.2, -0.15) is 5.10 Å². The van der Waals surface area contributed by atoms with Crippen molar-refractivity contribution in [2.24, 2.45) is 0 Å². The Hall–Kier alpha value is -1.60. The molecule has 0 aromatic carbocycles. The monoisotopic (exact) mass is 383 g/mol. The van der Waals surface area contributed by atoms with Gasteiger partial charge in [-0.05, 0) is 32.7 Å². The summed E-state index contributed by atoms with van der Waals surface area (Å²) in [4.78, 5) is 26.6. The highest BCUT2D eigenvalue weighted by molar-refractivity contribution is 5.93. The number of nitrogens with one attached hydrogen (secondary N) is 2. The van der Waals surface area contributed by atoms with E-state index in [4.69, 9.17) is 0 Å². The molecule has 2 aliphatic rings. The highest BCUT2D eigenvalue weighted by Crippen LogP contribution is 2.17. The summed E-state index contributed by atoms with van der Waals surface area (Å²) >= 11 is 0. The fourth-order valence-corrected chi connectivity index (χ4v) is 3.78. The van der Waals surface area contributed by atoms with Crippen LogP contribution in [0.1, 0.15) is 55.3 Å². The number of carbonyl (C=O) groups is 2. The number of nitrogens with zero attached hydrogens (tertiary/aromatic N) is 3. The van der Waals surface area contributed by atoms with Crippen molar-refractivity contribution in [3.8, 4) is 0 Å². The summed E-state index contributed by atoms with van der Waals surface area (Å²) in [6.07, 6.45) is 11.0. The first-order valence-corrected chi connectivity index (χ1v) is 9.44. The van der Waals surface area contributed by atoms with Crippen LogP contribution in [0.2, 0.25) is 0 Å². The molecule has 0 atom stereocenters. The summed E-state index contributed by atoms with van der Waals surface area (Å²) in [5.74, 6) is -0.0164. The molecule has 1 aliphatic carbocycles. The minimum atomic E-state index is -0.0242. The highest BCUT2D eigenvalue weighted by atomic mass is 35.5. The van der Waals surface area contributed by atoms with E-state index in [0.717, 1.165) is 38.8 Å². The molecular weight excluding hydrogens is 354 g/mol. The predicted molar refractivity (Wildman–Crippen MR) is 102 cm³/mol. The Bertz CT molecular complexity index is 592. The van der Waals surface area contributed by atoms with Gasteiger partial charge in [-0.3, -0.25) is 14.3 Å². The van der Waals surface area contributed by atoms with Crippen LogP contribution in [0.4, 0.5) is 0 Å². The minimum absolute atomic E-state index is 0. The van der Waals surface area contributed by atoms with Crippen molar-refractivity contribution in [3.63, 3.8) is 0 Å². The summed E-state index contributed by atoms with van der Waals surface area (Å²) in [7, 11) is 1.96. The van der Waals surface area contributed by atoms with Crippen LogP contribution in [0, 0.1) is 0 Å². The fourth-order valence-electron chi connectivity index (χ4n) is 3.78. The Morgan fingerprint density at radius 2 is 1.81 bits per heavy atom. The van der Waals surface area contributed by atoms with Crippen LogP contribution < -0.4 is 10.6 Å². The smallest absolute Gasteiger partial charge is 0.257 e. The maximum absolute atomic E-state index is 12.6. The Balaban J connectivity index is 0.00000243. The van der Waals surface area contributed by atoms with Crippen molar-refractivity contribution < 1.29 is 9.59 Å². The van der Waals surface area contributed by atoms with Crippen molar-refractivity contribution in [1.82, 2.24) is 25.3 Å². The molecule has 1 aromatic rings. The van der Waals surface area contributed by atoms with Crippen LogP contribution in [0.5, 0.6) is 0 Å². The van der Waals surface area contributed by atoms with E-state index in [0.29, 0.717) is 17.6 Å². The van der Waals surface area contributed by atoms with Crippen LogP contribution in [0.25, 0.3) is 0 Å². The Labute approximate surface area is 161 Å². The van der Waals surface area contributed by atoms with Crippen molar-refractivity contribution in [2.75, 3.05) is 20.1 Å². The SMILES string of the molecule is CNC1CCN(C(=O)c2cnn(CC(=O)NC3CCCCC3)c2)CC1.Cl. The topological polar surface area (TPSA) is 79.3 Å². The molecule has 2 N–H and O–H groups in total. The lowest BCUT2D eigenvalue weighted by Crippen LogP contribution is -2.43. The van der Waals surface area contributed by atoms with E-state index in [-0.39, 0.29) is 30.8 Å². The van der Waals surface area contributed by atoms with Crippen molar-refractivity contribution in [3.05, 3.63) is 18.0 Å². The van der Waals surface area contributed by atoms with Gasteiger partial charge in [0, 0.05) is 31.4 Å². The number of piperidine rings is 1. The molecule has 0 spiro atoms. The molecule has 2 fully saturated rings. The summed E-state index contributed by atoms with van der Waals surface area (Å²) in [6.45, 7) is 1.70. The number of rotatable bonds is 5. The van der Waals surface area contributed by atoms with E-state index in [2.05, 4.69) is 15.7 Å². The lowest BCUT2D eigenvalue weighted by atomic mass is 9.95. The van der Waals surface area contributed by atoms with E-state index in [1.807, 2.05) is 11.9 Å². The zero-order valence-corrected chi connectivity index (χ0v) is 16.3. The second-order valence-corrected chi connectivity index (χ2v) is 7.18. The molecule has 3 rings (SSSR count). The van der Waals surface area contributed by atoms with Crippen molar-refractivity contribution >= 4 is 24.2 Å². The van der Waals surface area contributed by atoms with E-state index in [1.54, 1.807) is 17.1 Å². The van der Waals surface area contributed by atoms with Gasteiger partial charge < -0.3 is 15.5 Å². The third-order valence-electron chi connectivity index (χ3n) is 5.35. The first-order valence-electron chi connectivity index (χ1n) is 9.44. The molecule has 2 heterocycles. The molecule has 1 aliphatic heterocycles. The first-order chi connectivity index (χ1) is 12.2. The zero-order chi connectivity index (χ0) is 17.6. The Kier molecular flexibility index (Phi) is 7.90. The molecule has 2 amide bonds. The van der Waals surface area contributed by atoms with Crippen LogP contribution >= 0.6 is 12.4 Å². The number of aromatic nitrogens is 2. The molecule has 26 heavy (non-hydrogen) atoms. The highest BCUT2D eigenvalue weighted by Gasteiger charge is 2.24. The van der Waals surface area contributed by atoms with E-state index in [1.165, 1.54) is 19.3 Å². The van der Waals surface area contributed by atoms with E-state index < -0.39 is 0 Å². The van der Waals surface area contributed by atoms with Gasteiger partial charge in [0.25, 0.3) is 5.91 Å². The average molecular weight is 384 g/mol. The third-order valence-corrected chi connectivity index (χ3v) is 5.35. The van der Waals surface area contributed by atoms with Crippen LogP contribution in [-0.2, 0) is 11.3 Å². The lowest BCUT2D eigenvalue weighted by molar-refractivity contribution is -0.122. The molecule has 1 saturated heterocycles. The van der Waals surface area contributed by atoms with Crippen LogP contribution in [-0.4, -0.2) is 58.7 Å². The summed E-state index contributed by atoms with van der Waals surface area (Å²) in [5, 5.41) is 10.5. The zero-order valence-electron chi connectivity index (χ0n) is 15.4. The molecule has 8 heteroatoms. The van der Waals surface area contributed by atoms with Crippen molar-refractivity contribution in [1.29, 1.82) is 0 Å². The molecule has 1 saturated carbocycles. The maximum Gasteiger partial charge on any atom is 0.257 e. The summed E-state index contributed by atoms with van der Waals surface area (Å²) in [5.41, 5.74) is 0.563. The number of amides is 2. The molecular formula is C18H30ClN5O2. The predicted octanol–water partition coefficient (Wildman–Crippen LogP) is 1.58. The van der Waals surface area contributed by atoms with E-state index in [9.17, 15) is 9.59 Å². The molecule has 146 valence electrons. The number of halogens is 1. The van der Waals surface area contributed by atoms with Crippen LogP contribution in [0.15, 0.2) is 12.4 Å². The minimum Gasteiger partial charge on any atom is -0.352 e. The number of likely N-dealkylation sites (tertiary alicyclic amines) is 1. The summed E-state index contributed by atoms with van der Waals surface area (Å²) < 4.78 is 1.56. The van der Waals surface area contributed by atoms with Gasteiger partial charge in [0.2, 0.25) is 5.91 Å². The van der Waals surface area contributed by atoms with Gasteiger partial charge in [-0.15, -0.1) is 12.4 Å². The quantitative estimate of drug-likeness (QED) is 0.809. The maximum atomic E-state index is 12.6. The second kappa shape index (κ2) is 9.92. The second-order valence-electron chi connectivity index (χ2n) is 7.18. The standard InChI is InChI=1S/C18H29N5O2.ClH/c1-19-15-7-9-22(10-8-15)18(25)14-11-20-23(12-14)13-17(24)21-16-5-3-2-4-6-16;/h11-12,15-16,19H,2-10,13H2,1H3,(H,21,24);1H. The number of hydrogen-bond acceptors (Lipinski definition) is 4. The van der Waals surface area contributed by atoms with Gasteiger partial charge in [-0.25, -0.2) is 0 Å². The molecule has 0 bridgehead atoms. The largest absolute Gasteiger partial charge is 0.352 e. The van der Waals surface area contributed by atoms with Gasteiger partial charge in [0.15, 0.2) is 0 Å². The van der Waals surface area contributed by atoms with Gasteiger partial charge in [0.1, 0.15) is 6.54 Å². The van der Waals surface area contributed by atoms with Gasteiger partial charge in [-0.1, -0.05) is 19.3 Å². The third kappa shape index (κ3) is 5.45. The molecule has 1 aromatic heterocycles. The van der Waals surface area contributed by atoms with Gasteiger partial charge >= 0.3 is 0 Å². The normalized spacial score (nSPS) is 19.0. The fraction of sp³-hybridized carbons (Fsp3) is 0.722. The van der Waals surface area contributed by atoms with Gasteiger partial charge in [0.05, 0.1) is 11.8 Å². The summed E-state index contributed by atoms with van der Waals surface area (Å²) in [6, 6.07) is 0.793. The molecule has 0 unspecified atom stereocenters. The van der Waals surface area contributed by atoms with E-state index >= 15 is 0 Å². The molecule has 0 radical (unpaired) electrons. The Morgan fingerprint density at radius 1 is 1.12 bits per heavy atom. The lowest BCUT2D eigenvalue weighted by Gasteiger charge is -2.31. The molecule has 7 nitrogen and oxygen atoms in total. The van der Waals surface area contributed by atoms with Crippen LogP contribution in [0.3, 0.4) is 0 Å². The first kappa shape index (κ1) is 20.7. The van der Waals surface area contributed by atoms with Crippen molar-refractivity contribution in [2.45, 2.75) is 63.6 Å². The average Bonchev–Trinajstić information content (AvgIpc) is 3.10.